The molecule has 0 radical (unpaired) electrons. The smallest absolute Gasteiger partial charge is 0.338 e. The van der Waals surface area contributed by atoms with Crippen molar-refractivity contribution in [2.75, 3.05) is 18.9 Å². The Morgan fingerprint density at radius 2 is 2.00 bits per heavy atom. The van der Waals surface area contributed by atoms with Crippen molar-refractivity contribution in [1.82, 2.24) is 0 Å². The summed E-state index contributed by atoms with van der Waals surface area (Å²) in [7, 11) is 0. The molecule has 0 aliphatic heterocycles. The van der Waals surface area contributed by atoms with Crippen LogP contribution in [0.1, 0.15) is 43.5 Å². The number of nitrogens with two attached hydrogens (primary N) is 1. The highest BCUT2D eigenvalue weighted by Crippen LogP contribution is 2.23. The Balaban J connectivity index is 2.63. The molecule has 4 nitrogen and oxygen atoms in total. The molecule has 18 heavy (non-hydrogen) atoms. The van der Waals surface area contributed by atoms with E-state index in [2.05, 4.69) is 6.92 Å². The highest BCUT2D eigenvalue weighted by molar-refractivity contribution is 5.91. The average Bonchev–Trinajstić information content (AvgIpc) is 2.38. The Bertz CT molecular complexity index is 391. The van der Waals surface area contributed by atoms with Crippen molar-refractivity contribution < 1.29 is 14.3 Å². The summed E-state index contributed by atoms with van der Waals surface area (Å²) < 4.78 is 10.6. The lowest BCUT2D eigenvalue weighted by Gasteiger charge is -2.09. The van der Waals surface area contributed by atoms with Crippen LogP contribution in [0.4, 0.5) is 5.69 Å². The van der Waals surface area contributed by atoms with Crippen LogP contribution in [0.25, 0.3) is 0 Å². The molecule has 0 saturated carbocycles. The molecule has 0 saturated heterocycles. The number of rotatable bonds is 7. The van der Waals surface area contributed by atoms with E-state index < -0.39 is 0 Å². The van der Waals surface area contributed by atoms with Gasteiger partial charge in [0.05, 0.1) is 24.5 Å². The van der Waals surface area contributed by atoms with Crippen LogP contribution in [-0.4, -0.2) is 19.2 Å². The zero-order valence-corrected chi connectivity index (χ0v) is 11.1. The van der Waals surface area contributed by atoms with Crippen molar-refractivity contribution in [1.29, 1.82) is 0 Å². The second-order valence-electron chi connectivity index (χ2n) is 4.09. The highest BCUT2D eigenvalue weighted by atomic mass is 16.5. The number of carbonyl (C=O) groups excluding carboxylic acids is 1. The summed E-state index contributed by atoms with van der Waals surface area (Å²) in [6, 6.07) is 4.99. The van der Waals surface area contributed by atoms with Crippen molar-refractivity contribution in [3.8, 4) is 5.75 Å². The predicted octanol–water partition coefficient (Wildman–Crippen LogP) is 3.01. The molecule has 100 valence electrons. The van der Waals surface area contributed by atoms with E-state index >= 15 is 0 Å². The number of esters is 1. The molecule has 0 heterocycles. The first-order valence-corrected chi connectivity index (χ1v) is 6.38. The number of hydrogen-bond donors (Lipinski definition) is 1. The summed E-state index contributed by atoms with van der Waals surface area (Å²) in [5.41, 5.74) is 6.77. The lowest BCUT2D eigenvalue weighted by Crippen LogP contribution is -2.07. The van der Waals surface area contributed by atoms with Crippen LogP contribution in [0.5, 0.6) is 5.75 Å². The molecule has 0 aliphatic rings. The van der Waals surface area contributed by atoms with Gasteiger partial charge in [0.1, 0.15) is 5.75 Å². The van der Waals surface area contributed by atoms with Gasteiger partial charge in [-0.25, -0.2) is 4.79 Å². The first-order valence-electron chi connectivity index (χ1n) is 6.38. The topological polar surface area (TPSA) is 61.5 Å². The van der Waals surface area contributed by atoms with E-state index in [1.54, 1.807) is 18.2 Å². The summed E-state index contributed by atoms with van der Waals surface area (Å²) in [5.74, 6) is 0.277. The summed E-state index contributed by atoms with van der Waals surface area (Å²) in [6.45, 7) is 5.11. The maximum absolute atomic E-state index is 11.6. The third-order valence-electron chi connectivity index (χ3n) is 2.44. The van der Waals surface area contributed by atoms with E-state index in [1.807, 2.05) is 6.92 Å². The van der Waals surface area contributed by atoms with Gasteiger partial charge in [0.2, 0.25) is 0 Å². The third-order valence-corrected chi connectivity index (χ3v) is 2.44. The molecule has 0 spiro atoms. The van der Waals surface area contributed by atoms with E-state index in [0.29, 0.717) is 30.2 Å². The van der Waals surface area contributed by atoms with Gasteiger partial charge in [-0.05, 0) is 31.0 Å². The predicted molar refractivity (Wildman–Crippen MR) is 71.8 cm³/mol. The molecule has 0 bridgehead atoms. The molecule has 1 rings (SSSR count). The number of anilines is 1. The minimum Gasteiger partial charge on any atom is -0.491 e. The molecule has 0 amide bonds. The van der Waals surface area contributed by atoms with Gasteiger partial charge in [0.25, 0.3) is 0 Å². The lowest BCUT2D eigenvalue weighted by atomic mass is 10.2. The number of benzene rings is 1. The van der Waals surface area contributed by atoms with Crippen LogP contribution >= 0.6 is 0 Å². The molecule has 0 aliphatic carbocycles. The van der Waals surface area contributed by atoms with Crippen molar-refractivity contribution in [3.63, 3.8) is 0 Å². The van der Waals surface area contributed by atoms with Crippen LogP contribution in [0.2, 0.25) is 0 Å². The van der Waals surface area contributed by atoms with Crippen molar-refractivity contribution >= 4 is 11.7 Å². The van der Waals surface area contributed by atoms with Crippen LogP contribution in [0.15, 0.2) is 18.2 Å². The van der Waals surface area contributed by atoms with Gasteiger partial charge in [0, 0.05) is 0 Å². The second kappa shape index (κ2) is 7.58. The Labute approximate surface area is 108 Å². The molecule has 2 N–H and O–H groups in total. The quantitative estimate of drug-likeness (QED) is 0.459. The van der Waals surface area contributed by atoms with Gasteiger partial charge in [-0.15, -0.1) is 0 Å². The molecular formula is C14H21NO3. The summed E-state index contributed by atoms with van der Waals surface area (Å²) >= 11 is 0. The van der Waals surface area contributed by atoms with Gasteiger partial charge in [-0.3, -0.25) is 0 Å². The minimum absolute atomic E-state index is 0.344. The molecule has 0 unspecified atom stereocenters. The van der Waals surface area contributed by atoms with Crippen molar-refractivity contribution in [2.45, 2.75) is 33.1 Å². The lowest BCUT2D eigenvalue weighted by molar-refractivity contribution is 0.0505. The van der Waals surface area contributed by atoms with E-state index in [1.165, 1.54) is 0 Å². The standard InChI is InChI=1S/C14H21NO3/c1-3-5-9-17-13-7-6-11(10-12(13)15)14(16)18-8-4-2/h6-7,10H,3-5,8-9,15H2,1-2H3. The van der Waals surface area contributed by atoms with Crippen molar-refractivity contribution in [3.05, 3.63) is 23.8 Å². The molecule has 1 aromatic carbocycles. The molecule has 0 fully saturated rings. The average molecular weight is 251 g/mol. The monoisotopic (exact) mass is 251 g/mol. The fourth-order valence-corrected chi connectivity index (χ4v) is 1.41. The number of hydrogen-bond acceptors (Lipinski definition) is 4. The van der Waals surface area contributed by atoms with Crippen LogP contribution in [0.3, 0.4) is 0 Å². The number of unbranched alkanes of at least 4 members (excludes halogenated alkanes) is 1. The molecule has 0 atom stereocenters. The second-order valence-corrected chi connectivity index (χ2v) is 4.09. The minimum atomic E-state index is -0.344. The van der Waals surface area contributed by atoms with Gasteiger partial charge in [0.15, 0.2) is 0 Å². The first kappa shape index (κ1) is 14.4. The maximum atomic E-state index is 11.6. The number of nitrogen functional groups attached to an aromatic ring is 1. The third kappa shape index (κ3) is 4.28. The van der Waals surface area contributed by atoms with E-state index in [9.17, 15) is 4.79 Å². The largest absolute Gasteiger partial charge is 0.491 e. The zero-order valence-electron chi connectivity index (χ0n) is 11.1. The van der Waals surface area contributed by atoms with Gasteiger partial charge in [-0.1, -0.05) is 20.3 Å². The maximum Gasteiger partial charge on any atom is 0.338 e. The highest BCUT2D eigenvalue weighted by Gasteiger charge is 2.09. The molecule has 4 heteroatoms. The fourth-order valence-electron chi connectivity index (χ4n) is 1.41. The molecule has 0 aromatic heterocycles. The summed E-state index contributed by atoms with van der Waals surface area (Å²) in [6.07, 6.45) is 2.86. The van der Waals surface area contributed by atoms with Crippen LogP contribution < -0.4 is 10.5 Å². The van der Waals surface area contributed by atoms with Gasteiger partial charge < -0.3 is 15.2 Å². The van der Waals surface area contributed by atoms with Crippen LogP contribution in [-0.2, 0) is 4.74 Å². The van der Waals surface area contributed by atoms with Crippen LogP contribution in [0, 0.1) is 0 Å². The normalized spacial score (nSPS) is 10.1. The van der Waals surface area contributed by atoms with E-state index in [-0.39, 0.29) is 5.97 Å². The number of ether oxygens (including phenoxy) is 2. The number of carbonyl (C=O) groups is 1. The molecule has 1 aromatic rings. The Morgan fingerprint density at radius 3 is 2.61 bits per heavy atom. The fraction of sp³-hybridized carbons (Fsp3) is 0.500. The van der Waals surface area contributed by atoms with Gasteiger partial charge in [-0.2, -0.15) is 0 Å². The van der Waals surface area contributed by atoms with E-state index in [4.69, 9.17) is 15.2 Å². The Kier molecular flexibility index (Phi) is 6.05. The first-order chi connectivity index (χ1) is 8.69. The van der Waals surface area contributed by atoms with Gasteiger partial charge >= 0.3 is 5.97 Å². The Hall–Kier alpha value is -1.71. The van der Waals surface area contributed by atoms with E-state index in [0.717, 1.165) is 19.3 Å². The zero-order chi connectivity index (χ0) is 13.4. The molecular weight excluding hydrogens is 230 g/mol. The van der Waals surface area contributed by atoms with Crippen molar-refractivity contribution in [2.24, 2.45) is 0 Å². The summed E-state index contributed by atoms with van der Waals surface area (Å²) in [5, 5.41) is 0. The SMILES string of the molecule is CCCCOc1ccc(C(=O)OCCC)cc1N. The summed E-state index contributed by atoms with van der Waals surface area (Å²) in [4.78, 5) is 11.6. The Morgan fingerprint density at radius 1 is 1.22 bits per heavy atom.